The lowest BCUT2D eigenvalue weighted by atomic mass is 10.2. The van der Waals surface area contributed by atoms with Gasteiger partial charge in [-0.25, -0.2) is 9.78 Å². The lowest BCUT2D eigenvalue weighted by Gasteiger charge is -2.10. The van der Waals surface area contributed by atoms with Crippen LogP contribution in [0.4, 0.5) is 21.3 Å². The van der Waals surface area contributed by atoms with Crippen molar-refractivity contribution in [2.75, 3.05) is 29.7 Å². The Morgan fingerprint density at radius 1 is 0.939 bits per heavy atom. The maximum Gasteiger partial charge on any atom is 0.323 e. The van der Waals surface area contributed by atoms with E-state index in [1.165, 1.54) is 18.4 Å². The van der Waals surface area contributed by atoms with Gasteiger partial charge in [0.25, 0.3) is 5.91 Å². The van der Waals surface area contributed by atoms with Gasteiger partial charge in [0, 0.05) is 23.0 Å². The Hall–Kier alpha value is -4.11. The summed E-state index contributed by atoms with van der Waals surface area (Å²) in [6.45, 7) is 2.49. The van der Waals surface area contributed by atoms with Gasteiger partial charge in [0.2, 0.25) is 0 Å². The maximum atomic E-state index is 12.5. The molecular weight excluding hydrogens is 440 g/mol. The van der Waals surface area contributed by atoms with Gasteiger partial charge in [0.1, 0.15) is 17.0 Å². The molecule has 0 atom stereocenters. The highest BCUT2D eigenvalue weighted by Crippen LogP contribution is 2.35. The van der Waals surface area contributed by atoms with Gasteiger partial charge < -0.3 is 20.1 Å². The summed E-state index contributed by atoms with van der Waals surface area (Å²) in [6, 6.07) is 19.1. The van der Waals surface area contributed by atoms with Crippen LogP contribution in [0.2, 0.25) is 0 Å². The van der Waals surface area contributed by atoms with E-state index in [1.54, 1.807) is 60.7 Å². The van der Waals surface area contributed by atoms with Gasteiger partial charge in [0.15, 0.2) is 5.13 Å². The molecular formula is C24H22N4O4S. The third-order valence-electron chi connectivity index (χ3n) is 4.62. The minimum atomic E-state index is -0.400. The van der Waals surface area contributed by atoms with Crippen molar-refractivity contribution in [3.63, 3.8) is 0 Å². The first-order valence-corrected chi connectivity index (χ1v) is 11.0. The second-order valence-corrected chi connectivity index (χ2v) is 7.93. The molecule has 168 valence electrons. The topological polar surface area (TPSA) is 102 Å². The number of nitrogens with zero attached hydrogens (tertiary/aromatic N) is 1. The Labute approximate surface area is 194 Å². The number of amides is 3. The summed E-state index contributed by atoms with van der Waals surface area (Å²) < 4.78 is 11.6. The van der Waals surface area contributed by atoms with Crippen LogP contribution in [0.1, 0.15) is 17.3 Å². The van der Waals surface area contributed by atoms with Gasteiger partial charge in [-0.1, -0.05) is 29.5 Å². The highest BCUT2D eigenvalue weighted by atomic mass is 32.1. The molecule has 1 aromatic heterocycles. The lowest BCUT2D eigenvalue weighted by molar-refractivity contribution is 0.102. The number of aromatic nitrogens is 1. The van der Waals surface area contributed by atoms with Crippen LogP contribution in [-0.2, 0) is 0 Å². The number of carbonyl (C=O) groups is 2. The van der Waals surface area contributed by atoms with E-state index < -0.39 is 6.03 Å². The van der Waals surface area contributed by atoms with Crippen molar-refractivity contribution < 1.29 is 19.1 Å². The predicted molar refractivity (Wildman–Crippen MR) is 131 cm³/mol. The second kappa shape index (κ2) is 10.0. The van der Waals surface area contributed by atoms with Crippen LogP contribution in [0.3, 0.4) is 0 Å². The predicted octanol–water partition coefficient (Wildman–Crippen LogP) is 5.60. The van der Waals surface area contributed by atoms with Crippen molar-refractivity contribution in [3.05, 3.63) is 72.3 Å². The zero-order valence-electron chi connectivity index (χ0n) is 18.0. The molecule has 0 fully saturated rings. The van der Waals surface area contributed by atoms with Gasteiger partial charge in [-0.05, 0) is 49.4 Å². The van der Waals surface area contributed by atoms with E-state index in [2.05, 4.69) is 20.9 Å². The standard InChI is InChI=1S/C24H22N4O4S/c1-3-32-18-11-9-16(10-12-18)25-23(30)26-17-13-19(31-2)21-20(14-17)33-24(27-21)28-22(29)15-7-5-4-6-8-15/h4-14H,3H2,1-2H3,(H2,25,26,30)(H,27,28,29). The fraction of sp³-hybridized carbons (Fsp3) is 0.125. The number of benzene rings is 3. The van der Waals surface area contributed by atoms with Crippen molar-refractivity contribution >= 4 is 50.0 Å². The largest absolute Gasteiger partial charge is 0.494 e. The summed E-state index contributed by atoms with van der Waals surface area (Å²) in [6.07, 6.45) is 0. The van der Waals surface area contributed by atoms with Gasteiger partial charge in [-0.15, -0.1) is 0 Å². The molecule has 33 heavy (non-hydrogen) atoms. The summed E-state index contributed by atoms with van der Waals surface area (Å²) in [4.78, 5) is 29.4. The SMILES string of the molecule is CCOc1ccc(NC(=O)Nc2cc(OC)c3nc(NC(=O)c4ccccc4)sc3c2)cc1. The summed E-state index contributed by atoms with van der Waals surface area (Å²) in [7, 11) is 1.53. The number of ether oxygens (including phenoxy) is 2. The van der Waals surface area contributed by atoms with Crippen LogP contribution >= 0.6 is 11.3 Å². The molecule has 0 spiro atoms. The molecule has 3 aromatic carbocycles. The fourth-order valence-electron chi connectivity index (χ4n) is 3.13. The van der Waals surface area contributed by atoms with Gasteiger partial charge >= 0.3 is 6.03 Å². The van der Waals surface area contributed by atoms with Gasteiger partial charge in [-0.2, -0.15) is 0 Å². The van der Waals surface area contributed by atoms with Crippen molar-refractivity contribution in [3.8, 4) is 11.5 Å². The number of hydrogen-bond acceptors (Lipinski definition) is 6. The van der Waals surface area contributed by atoms with Gasteiger partial charge in [-0.3, -0.25) is 10.1 Å². The molecule has 8 nitrogen and oxygen atoms in total. The third kappa shape index (κ3) is 5.39. The number of nitrogens with one attached hydrogen (secondary N) is 3. The van der Waals surface area contributed by atoms with E-state index in [4.69, 9.17) is 9.47 Å². The average molecular weight is 463 g/mol. The molecule has 0 aliphatic heterocycles. The van der Waals surface area contributed by atoms with Gasteiger partial charge in [0.05, 0.1) is 18.4 Å². The molecule has 4 rings (SSSR count). The summed E-state index contributed by atoms with van der Waals surface area (Å²) in [5.74, 6) is 0.973. The molecule has 3 amide bonds. The van der Waals surface area contributed by atoms with Crippen LogP contribution in [0.15, 0.2) is 66.7 Å². The zero-order valence-corrected chi connectivity index (χ0v) is 18.9. The number of urea groups is 1. The molecule has 4 aromatic rings. The summed E-state index contributed by atoms with van der Waals surface area (Å²) in [5.41, 5.74) is 2.31. The van der Waals surface area contributed by atoms with E-state index in [-0.39, 0.29) is 5.91 Å². The van der Waals surface area contributed by atoms with E-state index in [1.807, 2.05) is 13.0 Å². The molecule has 0 unspecified atom stereocenters. The quantitative estimate of drug-likeness (QED) is 0.332. The Morgan fingerprint density at radius 2 is 1.67 bits per heavy atom. The molecule has 9 heteroatoms. The van der Waals surface area contributed by atoms with E-state index in [0.717, 1.165) is 10.4 Å². The highest BCUT2D eigenvalue weighted by molar-refractivity contribution is 7.22. The smallest absolute Gasteiger partial charge is 0.323 e. The first-order chi connectivity index (χ1) is 16.1. The van der Waals surface area contributed by atoms with E-state index >= 15 is 0 Å². The monoisotopic (exact) mass is 462 g/mol. The molecule has 3 N–H and O–H groups in total. The average Bonchev–Trinajstić information content (AvgIpc) is 3.22. The normalized spacial score (nSPS) is 10.5. The van der Waals surface area contributed by atoms with E-state index in [0.29, 0.717) is 39.9 Å². The molecule has 0 bridgehead atoms. The molecule has 0 radical (unpaired) electrons. The molecule has 0 saturated carbocycles. The Morgan fingerprint density at radius 3 is 2.36 bits per heavy atom. The first kappa shape index (κ1) is 22.1. The van der Waals surface area contributed by atoms with Crippen molar-refractivity contribution in [2.24, 2.45) is 0 Å². The number of methoxy groups -OCH3 is 1. The molecule has 1 heterocycles. The van der Waals surface area contributed by atoms with Crippen LogP contribution < -0.4 is 25.4 Å². The number of rotatable bonds is 7. The summed E-state index contributed by atoms with van der Waals surface area (Å²) in [5, 5.41) is 8.83. The Bertz CT molecular complexity index is 1270. The van der Waals surface area contributed by atoms with E-state index in [9.17, 15) is 9.59 Å². The molecule has 0 saturated heterocycles. The minimum Gasteiger partial charge on any atom is -0.494 e. The number of fused-ring (bicyclic) bond motifs is 1. The maximum absolute atomic E-state index is 12.5. The Balaban J connectivity index is 1.48. The van der Waals surface area contributed by atoms with Crippen LogP contribution in [-0.4, -0.2) is 30.6 Å². The number of anilines is 3. The van der Waals surface area contributed by atoms with Crippen molar-refractivity contribution in [1.29, 1.82) is 0 Å². The Kier molecular flexibility index (Phi) is 6.70. The number of carbonyl (C=O) groups excluding carboxylic acids is 2. The lowest BCUT2D eigenvalue weighted by Crippen LogP contribution is -2.19. The minimum absolute atomic E-state index is 0.248. The second-order valence-electron chi connectivity index (χ2n) is 6.90. The van der Waals surface area contributed by atoms with Crippen LogP contribution in [0.25, 0.3) is 10.2 Å². The molecule has 0 aliphatic carbocycles. The fourth-order valence-corrected chi connectivity index (χ4v) is 4.05. The third-order valence-corrected chi connectivity index (χ3v) is 5.54. The molecule has 0 aliphatic rings. The first-order valence-electron chi connectivity index (χ1n) is 10.2. The number of thiazole rings is 1. The summed E-state index contributed by atoms with van der Waals surface area (Å²) >= 11 is 1.29. The number of hydrogen-bond donors (Lipinski definition) is 3. The zero-order chi connectivity index (χ0) is 23.2. The van der Waals surface area contributed by atoms with Crippen LogP contribution in [0.5, 0.6) is 11.5 Å². The van der Waals surface area contributed by atoms with Crippen molar-refractivity contribution in [1.82, 2.24) is 4.98 Å². The highest BCUT2D eigenvalue weighted by Gasteiger charge is 2.15. The van der Waals surface area contributed by atoms with Crippen molar-refractivity contribution in [2.45, 2.75) is 6.92 Å². The van der Waals surface area contributed by atoms with Crippen LogP contribution in [0, 0.1) is 0 Å².